The Labute approximate surface area is 152 Å². The third-order valence-electron chi connectivity index (χ3n) is 5.36. The van der Waals surface area contributed by atoms with Crippen molar-refractivity contribution >= 4 is 22.9 Å². The lowest BCUT2D eigenvalue weighted by atomic mass is 9.76. The van der Waals surface area contributed by atoms with Gasteiger partial charge in [-0.15, -0.1) is 11.3 Å². The van der Waals surface area contributed by atoms with E-state index in [0.29, 0.717) is 11.5 Å². The molecule has 1 saturated carbocycles. The van der Waals surface area contributed by atoms with Crippen molar-refractivity contribution in [3.63, 3.8) is 0 Å². The molecular formula is C20H24N2O2S. The van der Waals surface area contributed by atoms with Gasteiger partial charge in [-0.25, -0.2) is 0 Å². The summed E-state index contributed by atoms with van der Waals surface area (Å²) in [6.45, 7) is 2.21. The number of benzene rings is 1. The molecule has 4 rings (SSSR count). The normalized spacial score (nSPS) is 24.0. The Morgan fingerprint density at radius 3 is 2.48 bits per heavy atom. The summed E-state index contributed by atoms with van der Waals surface area (Å²) in [4.78, 5) is 16.3. The van der Waals surface area contributed by atoms with Crippen LogP contribution in [0.1, 0.15) is 47.0 Å². The molecule has 1 atom stereocenters. The molecule has 0 bridgehead atoms. The molecule has 1 aliphatic carbocycles. The van der Waals surface area contributed by atoms with E-state index in [1.165, 1.54) is 23.4 Å². The Hall–Kier alpha value is -1.85. The van der Waals surface area contributed by atoms with E-state index in [1.54, 1.807) is 11.3 Å². The van der Waals surface area contributed by atoms with Crippen LogP contribution in [0.5, 0.6) is 0 Å². The van der Waals surface area contributed by atoms with Gasteiger partial charge >= 0.3 is 0 Å². The molecule has 25 heavy (non-hydrogen) atoms. The van der Waals surface area contributed by atoms with Crippen LogP contribution < -0.4 is 10.2 Å². The van der Waals surface area contributed by atoms with E-state index in [4.69, 9.17) is 0 Å². The summed E-state index contributed by atoms with van der Waals surface area (Å²) in [6.07, 6.45) is 3.80. The van der Waals surface area contributed by atoms with Crippen LogP contribution in [0.4, 0.5) is 5.69 Å². The fraction of sp³-hybridized carbons (Fsp3) is 0.450. The molecule has 0 spiro atoms. The quantitative estimate of drug-likeness (QED) is 0.861. The van der Waals surface area contributed by atoms with Gasteiger partial charge in [-0.05, 0) is 67.3 Å². The highest BCUT2D eigenvalue weighted by molar-refractivity contribution is 7.10. The lowest BCUT2D eigenvalue weighted by molar-refractivity contribution is 0.0241. The van der Waals surface area contributed by atoms with E-state index in [9.17, 15) is 9.90 Å². The van der Waals surface area contributed by atoms with Gasteiger partial charge in [0.05, 0.1) is 12.1 Å². The summed E-state index contributed by atoms with van der Waals surface area (Å²) in [7, 11) is 0. The molecule has 1 amide bonds. The second-order valence-electron chi connectivity index (χ2n) is 7.09. The minimum Gasteiger partial charge on any atom is -0.393 e. The molecule has 5 heteroatoms. The summed E-state index contributed by atoms with van der Waals surface area (Å²) in [5.41, 5.74) is 1.90. The van der Waals surface area contributed by atoms with Gasteiger partial charge in [-0.2, -0.15) is 0 Å². The Bertz CT molecular complexity index is 702. The first-order valence-electron chi connectivity index (χ1n) is 9.08. The zero-order chi connectivity index (χ0) is 17.2. The van der Waals surface area contributed by atoms with E-state index in [0.717, 1.165) is 25.9 Å². The Kier molecular flexibility index (Phi) is 4.77. The predicted octanol–water partition coefficient (Wildman–Crippen LogP) is 3.59. The molecule has 4 nitrogen and oxygen atoms in total. The molecule has 1 aromatic heterocycles. The molecule has 2 heterocycles. The van der Waals surface area contributed by atoms with Crippen LogP contribution in [0, 0.1) is 5.92 Å². The topological polar surface area (TPSA) is 52.6 Å². The molecule has 2 N–H and O–H groups in total. The first-order valence-corrected chi connectivity index (χ1v) is 9.96. The minimum absolute atomic E-state index is 0.00541. The maximum atomic E-state index is 12.7. The fourth-order valence-electron chi connectivity index (χ4n) is 3.82. The number of nitrogens with zero attached hydrogens (tertiary/aromatic N) is 1. The molecule has 1 aromatic carbocycles. The van der Waals surface area contributed by atoms with Gasteiger partial charge in [0, 0.05) is 29.2 Å². The molecule has 132 valence electrons. The van der Waals surface area contributed by atoms with E-state index in [-0.39, 0.29) is 18.1 Å². The van der Waals surface area contributed by atoms with Crippen molar-refractivity contribution < 1.29 is 9.90 Å². The van der Waals surface area contributed by atoms with Crippen LogP contribution in [-0.2, 0) is 0 Å². The molecule has 2 aliphatic rings. The number of thiophene rings is 1. The van der Waals surface area contributed by atoms with Crippen LogP contribution in [0.2, 0.25) is 0 Å². The lowest BCUT2D eigenvalue weighted by Gasteiger charge is -2.37. The van der Waals surface area contributed by atoms with Crippen molar-refractivity contribution in [2.24, 2.45) is 5.92 Å². The van der Waals surface area contributed by atoms with Gasteiger partial charge in [0.25, 0.3) is 5.91 Å². The second-order valence-corrected chi connectivity index (χ2v) is 8.07. The summed E-state index contributed by atoms with van der Waals surface area (Å²) in [6, 6.07) is 12.0. The van der Waals surface area contributed by atoms with Gasteiger partial charge < -0.3 is 15.3 Å². The fourth-order valence-corrected chi connectivity index (χ4v) is 4.68. The number of amides is 1. The van der Waals surface area contributed by atoms with Gasteiger partial charge in [-0.1, -0.05) is 6.07 Å². The second kappa shape index (κ2) is 7.18. The number of anilines is 1. The van der Waals surface area contributed by atoms with Crippen molar-refractivity contribution in [2.45, 2.75) is 37.8 Å². The number of hydrogen-bond donors (Lipinski definition) is 2. The first-order chi connectivity index (χ1) is 12.2. The standard InChI is InChI=1S/C20H24N2O2S/c23-17-12-15(13-17)19(18-4-3-11-25-18)21-20(24)14-5-7-16(8-6-14)22-9-1-2-10-22/h3-8,11,15,17,19,23H,1-2,9-10,12-13H2,(H,21,24). The number of carbonyl (C=O) groups is 1. The minimum atomic E-state index is -0.218. The van der Waals surface area contributed by atoms with E-state index < -0.39 is 0 Å². The maximum absolute atomic E-state index is 12.7. The summed E-state index contributed by atoms with van der Waals surface area (Å²) in [5, 5.41) is 14.9. The van der Waals surface area contributed by atoms with Crippen molar-refractivity contribution in [3.8, 4) is 0 Å². The Morgan fingerprint density at radius 2 is 1.88 bits per heavy atom. The van der Waals surface area contributed by atoms with Gasteiger partial charge in [0.2, 0.25) is 0 Å². The van der Waals surface area contributed by atoms with E-state index >= 15 is 0 Å². The highest BCUT2D eigenvalue weighted by atomic mass is 32.1. The van der Waals surface area contributed by atoms with E-state index in [2.05, 4.69) is 16.3 Å². The van der Waals surface area contributed by atoms with Crippen LogP contribution in [-0.4, -0.2) is 30.2 Å². The van der Waals surface area contributed by atoms with Gasteiger partial charge in [0.1, 0.15) is 0 Å². The number of aliphatic hydroxyl groups excluding tert-OH is 1. The smallest absolute Gasteiger partial charge is 0.251 e. The average Bonchev–Trinajstić information content (AvgIpc) is 3.30. The number of carbonyl (C=O) groups excluding carboxylic acids is 1. The summed E-state index contributed by atoms with van der Waals surface area (Å²) in [5.74, 6) is 0.286. The monoisotopic (exact) mass is 356 g/mol. The first kappa shape index (κ1) is 16.6. The molecule has 0 radical (unpaired) electrons. The Morgan fingerprint density at radius 1 is 1.16 bits per heavy atom. The highest BCUT2D eigenvalue weighted by Gasteiger charge is 2.36. The van der Waals surface area contributed by atoms with Gasteiger partial charge in [0.15, 0.2) is 0 Å². The SMILES string of the molecule is O=C(NC(c1cccs1)C1CC(O)C1)c1ccc(N2CCCC2)cc1. The van der Waals surface area contributed by atoms with Crippen LogP contribution in [0.25, 0.3) is 0 Å². The lowest BCUT2D eigenvalue weighted by Crippen LogP contribution is -2.41. The molecule has 2 fully saturated rings. The average molecular weight is 356 g/mol. The van der Waals surface area contributed by atoms with Crippen molar-refractivity contribution in [3.05, 3.63) is 52.2 Å². The van der Waals surface area contributed by atoms with Crippen LogP contribution in [0.3, 0.4) is 0 Å². The van der Waals surface area contributed by atoms with Crippen molar-refractivity contribution in [1.82, 2.24) is 5.32 Å². The van der Waals surface area contributed by atoms with Gasteiger partial charge in [-0.3, -0.25) is 4.79 Å². The molecule has 1 unspecified atom stereocenters. The van der Waals surface area contributed by atoms with Crippen LogP contribution in [0.15, 0.2) is 41.8 Å². The molecule has 1 aliphatic heterocycles. The number of aliphatic hydroxyl groups is 1. The Balaban J connectivity index is 1.45. The zero-order valence-corrected chi connectivity index (χ0v) is 15.0. The zero-order valence-electron chi connectivity index (χ0n) is 14.2. The molecule has 1 saturated heterocycles. The largest absolute Gasteiger partial charge is 0.393 e. The van der Waals surface area contributed by atoms with E-state index in [1.807, 2.05) is 35.7 Å². The van der Waals surface area contributed by atoms with Crippen LogP contribution >= 0.6 is 11.3 Å². The number of rotatable bonds is 5. The van der Waals surface area contributed by atoms with Crippen molar-refractivity contribution in [1.29, 1.82) is 0 Å². The summed E-state index contributed by atoms with van der Waals surface area (Å²) >= 11 is 1.66. The van der Waals surface area contributed by atoms with Crippen molar-refractivity contribution in [2.75, 3.05) is 18.0 Å². The third-order valence-corrected chi connectivity index (χ3v) is 6.31. The molecule has 2 aromatic rings. The molecular weight excluding hydrogens is 332 g/mol. The highest BCUT2D eigenvalue weighted by Crippen LogP contribution is 2.39. The number of nitrogens with one attached hydrogen (secondary N) is 1. The number of hydrogen-bond acceptors (Lipinski definition) is 4. The third kappa shape index (κ3) is 3.58. The summed E-state index contributed by atoms with van der Waals surface area (Å²) < 4.78 is 0. The maximum Gasteiger partial charge on any atom is 0.251 e. The predicted molar refractivity (Wildman–Crippen MR) is 101 cm³/mol.